The van der Waals surface area contributed by atoms with Gasteiger partial charge in [0.2, 0.25) is 0 Å². The summed E-state index contributed by atoms with van der Waals surface area (Å²) in [5.41, 5.74) is 0.799. The number of nitriles is 1. The Morgan fingerprint density at radius 1 is 1.45 bits per heavy atom. The molecule has 102 valence electrons. The molecule has 1 atom stereocenters. The molecule has 5 nitrogen and oxygen atoms in total. The summed E-state index contributed by atoms with van der Waals surface area (Å²) in [6.45, 7) is 1.53. The molecule has 0 saturated carbocycles. The first-order valence-electron chi connectivity index (χ1n) is 6.57. The maximum atomic E-state index is 13.7. The van der Waals surface area contributed by atoms with Crippen molar-refractivity contribution in [2.75, 3.05) is 11.4 Å². The maximum Gasteiger partial charge on any atom is 0.143 e. The molecule has 1 saturated heterocycles. The zero-order chi connectivity index (χ0) is 13.9. The summed E-state index contributed by atoms with van der Waals surface area (Å²) in [6, 6.07) is 6.96. The number of halogens is 1. The van der Waals surface area contributed by atoms with Gasteiger partial charge in [0.15, 0.2) is 0 Å². The molecule has 1 aliphatic rings. The van der Waals surface area contributed by atoms with E-state index in [0.29, 0.717) is 12.2 Å². The van der Waals surface area contributed by atoms with Gasteiger partial charge in [-0.25, -0.2) is 9.37 Å². The van der Waals surface area contributed by atoms with Crippen molar-refractivity contribution < 1.29 is 4.39 Å². The van der Waals surface area contributed by atoms with Crippen LogP contribution in [0, 0.1) is 17.1 Å². The quantitative estimate of drug-likeness (QED) is 0.856. The standard InChI is InChI=1S/C14H14FN5/c15-13-4-1-5-14(12(13)7-16)20-6-2-3-11(20)8-19-10-17-9-18-19/h1,4-5,9-11H,2-3,6,8H2/t11-/m0/s1. The van der Waals surface area contributed by atoms with Crippen LogP contribution in [-0.2, 0) is 6.54 Å². The van der Waals surface area contributed by atoms with E-state index in [-0.39, 0.29) is 11.6 Å². The van der Waals surface area contributed by atoms with Crippen molar-refractivity contribution in [1.82, 2.24) is 14.8 Å². The fraction of sp³-hybridized carbons (Fsp3) is 0.357. The average molecular weight is 271 g/mol. The molecule has 1 aliphatic heterocycles. The Kier molecular flexibility index (Phi) is 3.33. The van der Waals surface area contributed by atoms with E-state index >= 15 is 0 Å². The lowest BCUT2D eigenvalue weighted by molar-refractivity contribution is 0.507. The highest BCUT2D eigenvalue weighted by molar-refractivity contribution is 5.61. The molecule has 2 heterocycles. The highest BCUT2D eigenvalue weighted by Gasteiger charge is 2.27. The Hall–Kier alpha value is -2.42. The Morgan fingerprint density at radius 3 is 3.10 bits per heavy atom. The van der Waals surface area contributed by atoms with Crippen LogP contribution in [-0.4, -0.2) is 27.4 Å². The third-order valence-corrected chi connectivity index (χ3v) is 3.65. The van der Waals surface area contributed by atoms with Crippen LogP contribution >= 0.6 is 0 Å². The van der Waals surface area contributed by atoms with Crippen LogP contribution in [0.3, 0.4) is 0 Å². The largest absolute Gasteiger partial charge is 0.366 e. The van der Waals surface area contributed by atoms with Gasteiger partial charge >= 0.3 is 0 Å². The van der Waals surface area contributed by atoms with E-state index in [1.54, 1.807) is 23.1 Å². The average Bonchev–Trinajstić information content (AvgIpc) is 3.10. The number of rotatable bonds is 3. The van der Waals surface area contributed by atoms with E-state index < -0.39 is 5.82 Å². The maximum absolute atomic E-state index is 13.7. The second-order valence-electron chi connectivity index (χ2n) is 4.85. The van der Waals surface area contributed by atoms with Crippen LogP contribution in [0.25, 0.3) is 0 Å². The molecule has 0 spiro atoms. The summed E-state index contributed by atoms with van der Waals surface area (Å²) in [5.74, 6) is -0.462. The van der Waals surface area contributed by atoms with Crippen LogP contribution in [0.2, 0.25) is 0 Å². The van der Waals surface area contributed by atoms with E-state index in [2.05, 4.69) is 15.0 Å². The molecule has 20 heavy (non-hydrogen) atoms. The van der Waals surface area contributed by atoms with Gasteiger partial charge in [0.1, 0.15) is 30.1 Å². The zero-order valence-corrected chi connectivity index (χ0v) is 10.9. The molecule has 2 aromatic rings. The minimum absolute atomic E-state index is 0.123. The zero-order valence-electron chi connectivity index (χ0n) is 10.9. The molecule has 1 fully saturated rings. The fourth-order valence-electron chi connectivity index (χ4n) is 2.75. The van der Waals surface area contributed by atoms with E-state index in [4.69, 9.17) is 5.26 Å². The highest BCUT2D eigenvalue weighted by atomic mass is 19.1. The van der Waals surface area contributed by atoms with Crippen molar-refractivity contribution in [2.24, 2.45) is 0 Å². The molecule has 0 aliphatic carbocycles. The van der Waals surface area contributed by atoms with Gasteiger partial charge in [-0.15, -0.1) is 0 Å². The molecule has 0 radical (unpaired) electrons. The molecular weight excluding hydrogens is 257 g/mol. The molecule has 1 aromatic heterocycles. The van der Waals surface area contributed by atoms with Gasteiger partial charge in [0.05, 0.1) is 12.2 Å². The smallest absolute Gasteiger partial charge is 0.143 e. The van der Waals surface area contributed by atoms with Crippen molar-refractivity contribution >= 4 is 5.69 Å². The van der Waals surface area contributed by atoms with Crippen LogP contribution in [0.5, 0.6) is 0 Å². The minimum Gasteiger partial charge on any atom is -0.366 e. The molecule has 0 bridgehead atoms. The van der Waals surface area contributed by atoms with Gasteiger partial charge in [0.25, 0.3) is 0 Å². The summed E-state index contributed by atoms with van der Waals surface area (Å²) in [7, 11) is 0. The normalized spacial score (nSPS) is 18.2. The number of aromatic nitrogens is 3. The summed E-state index contributed by atoms with van der Waals surface area (Å²) in [6.07, 6.45) is 5.21. The van der Waals surface area contributed by atoms with Gasteiger partial charge in [-0.1, -0.05) is 6.07 Å². The van der Waals surface area contributed by atoms with Gasteiger partial charge < -0.3 is 4.90 Å². The Bertz CT molecular complexity index is 632. The molecule has 0 unspecified atom stereocenters. The van der Waals surface area contributed by atoms with Crippen molar-refractivity contribution in [3.05, 3.63) is 42.2 Å². The third kappa shape index (κ3) is 2.23. The predicted octanol–water partition coefficient (Wildman–Crippen LogP) is 1.96. The van der Waals surface area contributed by atoms with Crippen molar-refractivity contribution in [3.8, 4) is 6.07 Å². The first kappa shape index (κ1) is 12.6. The monoisotopic (exact) mass is 271 g/mol. The molecule has 3 rings (SSSR count). The Balaban J connectivity index is 1.89. The first-order valence-corrected chi connectivity index (χ1v) is 6.57. The van der Waals surface area contributed by atoms with Gasteiger partial charge in [-0.3, -0.25) is 4.68 Å². The number of benzene rings is 1. The summed E-state index contributed by atoms with van der Waals surface area (Å²) in [5, 5.41) is 13.3. The second kappa shape index (κ2) is 5.29. The third-order valence-electron chi connectivity index (χ3n) is 3.65. The molecular formula is C14H14FN5. The van der Waals surface area contributed by atoms with Crippen LogP contribution in [0.4, 0.5) is 10.1 Å². The van der Waals surface area contributed by atoms with Gasteiger partial charge in [0, 0.05) is 12.6 Å². The van der Waals surface area contributed by atoms with Crippen LogP contribution < -0.4 is 4.90 Å². The van der Waals surface area contributed by atoms with Crippen molar-refractivity contribution in [3.63, 3.8) is 0 Å². The van der Waals surface area contributed by atoms with E-state index in [1.807, 2.05) is 6.07 Å². The lowest BCUT2D eigenvalue weighted by Gasteiger charge is -2.27. The van der Waals surface area contributed by atoms with E-state index in [0.717, 1.165) is 19.4 Å². The summed E-state index contributed by atoms with van der Waals surface area (Å²) < 4.78 is 15.5. The van der Waals surface area contributed by atoms with Crippen LogP contribution in [0.1, 0.15) is 18.4 Å². The predicted molar refractivity (Wildman–Crippen MR) is 71.5 cm³/mol. The highest BCUT2D eigenvalue weighted by Crippen LogP contribution is 2.30. The lowest BCUT2D eigenvalue weighted by Crippen LogP contribution is -2.33. The number of hydrogen-bond acceptors (Lipinski definition) is 4. The number of anilines is 1. The summed E-state index contributed by atoms with van der Waals surface area (Å²) in [4.78, 5) is 6.03. The van der Waals surface area contributed by atoms with Crippen molar-refractivity contribution in [2.45, 2.75) is 25.4 Å². The number of nitrogens with zero attached hydrogens (tertiary/aromatic N) is 5. The van der Waals surface area contributed by atoms with Gasteiger partial charge in [-0.05, 0) is 25.0 Å². The lowest BCUT2D eigenvalue weighted by atomic mass is 10.1. The van der Waals surface area contributed by atoms with Gasteiger partial charge in [-0.2, -0.15) is 10.4 Å². The SMILES string of the molecule is N#Cc1c(F)cccc1N1CCC[C@H]1Cn1cncn1. The fourth-order valence-corrected chi connectivity index (χ4v) is 2.75. The topological polar surface area (TPSA) is 57.7 Å². The van der Waals surface area contributed by atoms with Crippen LogP contribution in [0.15, 0.2) is 30.9 Å². The molecule has 6 heteroatoms. The minimum atomic E-state index is -0.462. The second-order valence-corrected chi connectivity index (χ2v) is 4.85. The first-order chi connectivity index (χ1) is 9.79. The van der Waals surface area contributed by atoms with Crippen molar-refractivity contribution in [1.29, 1.82) is 5.26 Å². The molecule has 1 aromatic carbocycles. The Morgan fingerprint density at radius 2 is 2.35 bits per heavy atom. The van der Waals surface area contributed by atoms with E-state index in [1.165, 1.54) is 12.4 Å². The number of hydrogen-bond donors (Lipinski definition) is 0. The summed E-state index contributed by atoms with van der Waals surface area (Å²) >= 11 is 0. The Labute approximate surface area is 116 Å². The molecule has 0 N–H and O–H groups in total. The molecule has 0 amide bonds. The van der Waals surface area contributed by atoms with E-state index in [9.17, 15) is 4.39 Å².